The van der Waals surface area contributed by atoms with Crippen molar-refractivity contribution >= 4 is 0 Å². The van der Waals surface area contributed by atoms with Crippen LogP contribution < -0.4 is 5.32 Å². The molecule has 12 heavy (non-hydrogen) atoms. The molecule has 0 amide bonds. The molecule has 3 heteroatoms. The number of hydrogen-bond donors (Lipinski definition) is 1. The van der Waals surface area contributed by atoms with Gasteiger partial charge in [0.25, 0.3) is 0 Å². The maximum Gasteiger partial charge on any atom is 0.0906 e. The van der Waals surface area contributed by atoms with Gasteiger partial charge in [0.1, 0.15) is 0 Å². The van der Waals surface area contributed by atoms with Crippen molar-refractivity contribution in [1.29, 1.82) is 0 Å². The second-order valence-corrected chi connectivity index (χ2v) is 3.64. The van der Waals surface area contributed by atoms with Gasteiger partial charge in [-0.15, -0.1) is 0 Å². The summed E-state index contributed by atoms with van der Waals surface area (Å²) in [6, 6.07) is 1.11. The Balaban J connectivity index is 2.34. The zero-order valence-corrected chi connectivity index (χ0v) is 8.02. The molecule has 0 aromatic rings. The van der Waals surface area contributed by atoms with Crippen LogP contribution in [0.5, 0.6) is 0 Å². The minimum Gasteiger partial charge on any atom is -0.314 e. The van der Waals surface area contributed by atoms with Crippen LogP contribution in [0.3, 0.4) is 0 Å². The van der Waals surface area contributed by atoms with Crippen LogP contribution in [0.25, 0.3) is 0 Å². The summed E-state index contributed by atoms with van der Waals surface area (Å²) in [5.41, 5.74) is 0. The predicted molar refractivity (Wildman–Crippen MR) is 49.1 cm³/mol. The van der Waals surface area contributed by atoms with E-state index >= 15 is 0 Å². The van der Waals surface area contributed by atoms with Crippen molar-refractivity contribution in [3.63, 3.8) is 0 Å². The summed E-state index contributed by atoms with van der Waals surface area (Å²) in [6.07, 6.45) is 0.675. The number of nitrogens with one attached hydrogen (secondary N) is 1. The molecule has 0 spiro atoms. The first-order valence-electron chi connectivity index (χ1n) is 4.78. The Kier molecular flexibility index (Phi) is 3.95. The first-order valence-corrected chi connectivity index (χ1v) is 4.78. The highest BCUT2D eigenvalue weighted by Gasteiger charge is 2.23. The number of nitrogens with zero attached hydrogens (tertiary/aromatic N) is 1. The topological polar surface area (TPSA) is 15.3 Å². The van der Waals surface area contributed by atoms with Crippen molar-refractivity contribution in [2.45, 2.75) is 32.4 Å². The maximum atomic E-state index is 12.0. The summed E-state index contributed by atoms with van der Waals surface area (Å²) in [7, 11) is 0. The van der Waals surface area contributed by atoms with E-state index in [1.165, 1.54) is 0 Å². The Bertz CT molecular complexity index is 120. The molecule has 1 aliphatic rings. The van der Waals surface area contributed by atoms with E-state index in [9.17, 15) is 4.39 Å². The molecule has 0 aromatic heterocycles. The number of halogens is 1. The van der Waals surface area contributed by atoms with Gasteiger partial charge in [-0.05, 0) is 20.3 Å². The molecule has 1 aliphatic heterocycles. The lowest BCUT2D eigenvalue weighted by Crippen LogP contribution is -2.55. The van der Waals surface area contributed by atoms with Gasteiger partial charge < -0.3 is 5.32 Å². The van der Waals surface area contributed by atoms with Crippen LogP contribution in [0.15, 0.2) is 0 Å². The SMILES string of the molecule is CC1CNCC(C)N1CCCF. The summed E-state index contributed by atoms with van der Waals surface area (Å²) in [5.74, 6) is 0. The average Bonchev–Trinajstić information content (AvgIpc) is 2.04. The molecule has 1 rings (SSSR count). The van der Waals surface area contributed by atoms with Crippen molar-refractivity contribution in [2.24, 2.45) is 0 Å². The lowest BCUT2D eigenvalue weighted by Gasteiger charge is -2.39. The third-order valence-electron chi connectivity index (χ3n) is 2.56. The van der Waals surface area contributed by atoms with E-state index in [1.54, 1.807) is 0 Å². The van der Waals surface area contributed by atoms with Crippen LogP contribution >= 0.6 is 0 Å². The van der Waals surface area contributed by atoms with E-state index in [0.29, 0.717) is 18.5 Å². The van der Waals surface area contributed by atoms with Crippen molar-refractivity contribution < 1.29 is 4.39 Å². The van der Waals surface area contributed by atoms with E-state index in [2.05, 4.69) is 24.1 Å². The zero-order chi connectivity index (χ0) is 8.97. The maximum absolute atomic E-state index is 12.0. The third kappa shape index (κ3) is 2.42. The molecule has 1 N–H and O–H groups in total. The van der Waals surface area contributed by atoms with Crippen LogP contribution in [0.4, 0.5) is 4.39 Å². The summed E-state index contributed by atoms with van der Waals surface area (Å²) < 4.78 is 12.0. The summed E-state index contributed by atoms with van der Waals surface area (Å²) >= 11 is 0. The molecule has 72 valence electrons. The van der Waals surface area contributed by atoms with Crippen molar-refractivity contribution in [2.75, 3.05) is 26.3 Å². The molecule has 2 nitrogen and oxygen atoms in total. The molecule has 1 saturated heterocycles. The van der Waals surface area contributed by atoms with E-state index < -0.39 is 0 Å². The van der Waals surface area contributed by atoms with E-state index in [-0.39, 0.29) is 6.67 Å². The Morgan fingerprint density at radius 2 is 1.92 bits per heavy atom. The highest BCUT2D eigenvalue weighted by atomic mass is 19.1. The van der Waals surface area contributed by atoms with Gasteiger partial charge in [0, 0.05) is 31.7 Å². The standard InChI is InChI=1S/C9H19FN2/c1-8-6-11-7-9(2)12(8)5-3-4-10/h8-9,11H,3-7H2,1-2H3. The third-order valence-corrected chi connectivity index (χ3v) is 2.56. The minimum absolute atomic E-state index is 0.191. The van der Waals surface area contributed by atoms with Gasteiger partial charge in [-0.25, -0.2) is 0 Å². The van der Waals surface area contributed by atoms with Gasteiger partial charge in [-0.1, -0.05) is 0 Å². The van der Waals surface area contributed by atoms with Gasteiger partial charge in [0.05, 0.1) is 6.67 Å². The van der Waals surface area contributed by atoms with Crippen LogP contribution in [-0.4, -0.2) is 43.3 Å². The van der Waals surface area contributed by atoms with Crippen LogP contribution in [0, 0.1) is 0 Å². The summed E-state index contributed by atoms with van der Waals surface area (Å²) in [6.45, 7) is 7.18. The largest absolute Gasteiger partial charge is 0.314 e. The van der Waals surface area contributed by atoms with Crippen LogP contribution in [0.2, 0.25) is 0 Å². The Morgan fingerprint density at radius 1 is 1.33 bits per heavy atom. The van der Waals surface area contributed by atoms with Gasteiger partial charge in [0.15, 0.2) is 0 Å². The number of hydrogen-bond acceptors (Lipinski definition) is 2. The quantitative estimate of drug-likeness (QED) is 0.687. The molecule has 0 aromatic carbocycles. The number of piperazine rings is 1. The van der Waals surface area contributed by atoms with E-state index in [1.807, 2.05) is 0 Å². The van der Waals surface area contributed by atoms with Crippen molar-refractivity contribution in [1.82, 2.24) is 10.2 Å². The molecule has 1 heterocycles. The molecule has 0 saturated carbocycles. The molecule has 2 atom stereocenters. The molecule has 0 radical (unpaired) electrons. The molecular formula is C9H19FN2. The highest BCUT2D eigenvalue weighted by Crippen LogP contribution is 2.09. The van der Waals surface area contributed by atoms with Gasteiger partial charge in [0.2, 0.25) is 0 Å². The minimum atomic E-state index is -0.191. The first-order chi connectivity index (χ1) is 5.75. The van der Waals surface area contributed by atoms with Gasteiger partial charge in [-0.3, -0.25) is 9.29 Å². The second kappa shape index (κ2) is 4.77. The number of rotatable bonds is 3. The first kappa shape index (κ1) is 9.93. The normalized spacial score (nSPS) is 32.2. The molecule has 1 fully saturated rings. The fourth-order valence-corrected chi connectivity index (χ4v) is 1.85. The van der Waals surface area contributed by atoms with E-state index in [0.717, 1.165) is 19.6 Å². The summed E-state index contributed by atoms with van der Waals surface area (Å²) in [4.78, 5) is 2.38. The Morgan fingerprint density at radius 3 is 2.42 bits per heavy atom. The predicted octanol–water partition coefficient (Wildman–Crippen LogP) is 1.03. The monoisotopic (exact) mass is 174 g/mol. The van der Waals surface area contributed by atoms with E-state index in [4.69, 9.17) is 0 Å². The molecule has 0 bridgehead atoms. The summed E-state index contributed by atoms with van der Waals surface area (Å²) in [5, 5.41) is 3.36. The van der Waals surface area contributed by atoms with Crippen molar-refractivity contribution in [3.05, 3.63) is 0 Å². The van der Waals surface area contributed by atoms with Crippen LogP contribution in [0.1, 0.15) is 20.3 Å². The highest BCUT2D eigenvalue weighted by molar-refractivity contribution is 4.81. The number of alkyl halides is 1. The molecule has 0 aliphatic carbocycles. The Hall–Kier alpha value is -0.150. The molecule has 2 unspecified atom stereocenters. The fraction of sp³-hybridized carbons (Fsp3) is 1.00. The average molecular weight is 174 g/mol. The van der Waals surface area contributed by atoms with Crippen LogP contribution in [-0.2, 0) is 0 Å². The molecular weight excluding hydrogens is 155 g/mol. The smallest absolute Gasteiger partial charge is 0.0906 e. The second-order valence-electron chi connectivity index (χ2n) is 3.64. The lowest BCUT2D eigenvalue weighted by atomic mass is 10.1. The van der Waals surface area contributed by atoms with Crippen molar-refractivity contribution in [3.8, 4) is 0 Å². The van der Waals surface area contributed by atoms with Gasteiger partial charge in [-0.2, -0.15) is 0 Å². The zero-order valence-electron chi connectivity index (χ0n) is 8.02. The Labute approximate surface area is 74.1 Å². The fourth-order valence-electron chi connectivity index (χ4n) is 1.85. The van der Waals surface area contributed by atoms with Gasteiger partial charge >= 0.3 is 0 Å². The lowest BCUT2D eigenvalue weighted by molar-refractivity contribution is 0.112.